The number of nitrogens with zero attached hydrogens (tertiary/aromatic N) is 4. The zero-order valence-electron chi connectivity index (χ0n) is 14.8. The predicted molar refractivity (Wildman–Crippen MR) is 99.7 cm³/mol. The summed E-state index contributed by atoms with van der Waals surface area (Å²) >= 11 is 0. The third-order valence-electron chi connectivity index (χ3n) is 4.84. The molecule has 136 valence electrons. The van der Waals surface area contributed by atoms with Gasteiger partial charge in [0, 0.05) is 43.5 Å². The number of rotatable bonds is 5. The lowest BCUT2D eigenvalue weighted by Gasteiger charge is -2.34. The van der Waals surface area contributed by atoms with Crippen molar-refractivity contribution in [3.05, 3.63) is 35.8 Å². The number of nitrogens with one attached hydrogen (secondary N) is 2. The summed E-state index contributed by atoms with van der Waals surface area (Å²) < 4.78 is 0. The molecule has 2 aromatic heterocycles. The minimum atomic E-state index is -0.560. The summed E-state index contributed by atoms with van der Waals surface area (Å²) in [5.74, 6) is 1.04. The van der Waals surface area contributed by atoms with Crippen LogP contribution in [-0.2, 0) is 0 Å². The SMILES string of the molecule is CC1CNCCN1c1ncc(C(N)=O)c(Nc2ccc(C3CC3)nc2)n1. The molecule has 0 spiro atoms. The van der Waals surface area contributed by atoms with Crippen LogP contribution in [0.25, 0.3) is 0 Å². The minimum absolute atomic E-state index is 0.266. The molecular weight excluding hydrogens is 330 g/mol. The molecule has 1 aliphatic heterocycles. The Morgan fingerprint density at radius 2 is 2.15 bits per heavy atom. The van der Waals surface area contributed by atoms with E-state index in [1.807, 2.05) is 12.1 Å². The molecule has 26 heavy (non-hydrogen) atoms. The molecule has 1 unspecified atom stereocenters. The van der Waals surface area contributed by atoms with Gasteiger partial charge in [-0.1, -0.05) is 0 Å². The molecule has 2 aromatic rings. The number of carbonyl (C=O) groups is 1. The van der Waals surface area contributed by atoms with Crippen molar-refractivity contribution in [3.63, 3.8) is 0 Å². The Kier molecular flexibility index (Phi) is 4.42. The summed E-state index contributed by atoms with van der Waals surface area (Å²) in [5, 5.41) is 6.52. The first-order chi connectivity index (χ1) is 12.6. The lowest BCUT2D eigenvalue weighted by atomic mass is 10.2. The lowest BCUT2D eigenvalue weighted by Crippen LogP contribution is -2.50. The molecule has 0 bridgehead atoms. The number of primary amides is 1. The highest BCUT2D eigenvalue weighted by molar-refractivity contribution is 5.98. The van der Waals surface area contributed by atoms with E-state index in [-0.39, 0.29) is 11.6 Å². The largest absolute Gasteiger partial charge is 0.365 e. The van der Waals surface area contributed by atoms with E-state index >= 15 is 0 Å². The van der Waals surface area contributed by atoms with Crippen molar-refractivity contribution >= 4 is 23.4 Å². The van der Waals surface area contributed by atoms with Crippen molar-refractivity contribution in [2.45, 2.75) is 31.7 Å². The molecule has 1 saturated heterocycles. The molecule has 1 atom stereocenters. The molecule has 4 rings (SSSR count). The lowest BCUT2D eigenvalue weighted by molar-refractivity contribution is 0.100. The maximum atomic E-state index is 11.8. The number of pyridine rings is 1. The van der Waals surface area contributed by atoms with Gasteiger partial charge in [0.15, 0.2) is 0 Å². The Balaban J connectivity index is 1.61. The monoisotopic (exact) mass is 353 g/mol. The molecule has 1 saturated carbocycles. The highest BCUT2D eigenvalue weighted by Crippen LogP contribution is 2.39. The number of nitrogens with two attached hydrogens (primary N) is 1. The van der Waals surface area contributed by atoms with E-state index < -0.39 is 5.91 Å². The van der Waals surface area contributed by atoms with Crippen molar-refractivity contribution in [1.82, 2.24) is 20.3 Å². The van der Waals surface area contributed by atoms with Crippen LogP contribution >= 0.6 is 0 Å². The van der Waals surface area contributed by atoms with Gasteiger partial charge in [-0.05, 0) is 31.9 Å². The van der Waals surface area contributed by atoms with E-state index in [9.17, 15) is 4.79 Å². The average molecular weight is 353 g/mol. The van der Waals surface area contributed by atoms with E-state index in [4.69, 9.17) is 5.73 Å². The highest BCUT2D eigenvalue weighted by atomic mass is 16.1. The van der Waals surface area contributed by atoms with Crippen molar-refractivity contribution < 1.29 is 4.79 Å². The third kappa shape index (κ3) is 3.45. The van der Waals surface area contributed by atoms with Crippen LogP contribution in [0.15, 0.2) is 24.5 Å². The second-order valence-corrected chi connectivity index (χ2v) is 6.91. The Hall–Kier alpha value is -2.74. The minimum Gasteiger partial charge on any atom is -0.365 e. The molecule has 8 heteroatoms. The van der Waals surface area contributed by atoms with E-state index in [2.05, 4.69) is 37.4 Å². The topological polar surface area (TPSA) is 109 Å². The van der Waals surface area contributed by atoms with Gasteiger partial charge >= 0.3 is 0 Å². The van der Waals surface area contributed by atoms with Crippen LogP contribution in [0.3, 0.4) is 0 Å². The number of carbonyl (C=O) groups excluding carboxylic acids is 1. The molecule has 0 aromatic carbocycles. The quantitative estimate of drug-likeness (QED) is 0.745. The van der Waals surface area contributed by atoms with E-state index in [0.717, 1.165) is 31.0 Å². The van der Waals surface area contributed by atoms with Crippen LogP contribution in [-0.4, -0.2) is 46.5 Å². The summed E-state index contributed by atoms with van der Waals surface area (Å²) in [4.78, 5) is 27.3. The number of amides is 1. The molecule has 0 radical (unpaired) electrons. The maximum Gasteiger partial charge on any atom is 0.254 e. The Labute approximate surface area is 152 Å². The highest BCUT2D eigenvalue weighted by Gasteiger charge is 2.25. The van der Waals surface area contributed by atoms with Gasteiger partial charge in [0.2, 0.25) is 5.95 Å². The van der Waals surface area contributed by atoms with E-state index in [1.54, 1.807) is 6.20 Å². The Morgan fingerprint density at radius 1 is 1.31 bits per heavy atom. The first-order valence-corrected chi connectivity index (χ1v) is 8.99. The van der Waals surface area contributed by atoms with Gasteiger partial charge in [0.1, 0.15) is 11.4 Å². The fraction of sp³-hybridized carbons (Fsp3) is 0.444. The standard InChI is InChI=1S/C18H23N7O/c1-11-8-20-6-7-25(11)18-22-10-14(16(19)26)17(24-18)23-13-4-5-15(21-9-13)12-2-3-12/h4-5,9-12,20H,2-3,6-8H2,1H3,(H2,19,26)(H,22,23,24). The van der Waals surface area contributed by atoms with Gasteiger partial charge in [-0.25, -0.2) is 4.98 Å². The first kappa shape index (κ1) is 16.7. The summed E-state index contributed by atoms with van der Waals surface area (Å²) in [6.45, 7) is 4.68. The van der Waals surface area contributed by atoms with Crippen molar-refractivity contribution in [2.24, 2.45) is 5.73 Å². The number of piperazine rings is 1. The Bertz CT molecular complexity index is 804. The van der Waals surface area contributed by atoms with Gasteiger partial charge in [-0.15, -0.1) is 0 Å². The van der Waals surface area contributed by atoms with Crippen LogP contribution in [0.2, 0.25) is 0 Å². The van der Waals surface area contributed by atoms with Gasteiger partial charge < -0.3 is 21.3 Å². The van der Waals surface area contributed by atoms with Crippen molar-refractivity contribution in [3.8, 4) is 0 Å². The summed E-state index contributed by atoms with van der Waals surface area (Å²) in [5.41, 5.74) is 7.65. The van der Waals surface area contributed by atoms with Gasteiger partial charge in [0.25, 0.3) is 5.91 Å². The summed E-state index contributed by atoms with van der Waals surface area (Å²) in [7, 11) is 0. The first-order valence-electron chi connectivity index (χ1n) is 8.99. The van der Waals surface area contributed by atoms with Gasteiger partial charge in [0.05, 0.1) is 11.9 Å². The number of anilines is 3. The Morgan fingerprint density at radius 3 is 2.81 bits per heavy atom. The van der Waals surface area contributed by atoms with Crippen molar-refractivity contribution in [2.75, 3.05) is 29.9 Å². The normalized spacial score (nSPS) is 20.0. The maximum absolute atomic E-state index is 11.8. The number of aromatic nitrogens is 3. The predicted octanol–water partition coefficient (Wildman–Crippen LogP) is 1.39. The molecule has 3 heterocycles. The molecule has 4 N–H and O–H groups in total. The van der Waals surface area contributed by atoms with Gasteiger partial charge in [-0.3, -0.25) is 9.78 Å². The van der Waals surface area contributed by atoms with Crippen LogP contribution in [0.5, 0.6) is 0 Å². The second kappa shape index (κ2) is 6.87. The van der Waals surface area contributed by atoms with E-state index in [1.165, 1.54) is 19.0 Å². The molecule has 1 amide bonds. The number of hydrogen-bond acceptors (Lipinski definition) is 7. The van der Waals surface area contributed by atoms with Crippen molar-refractivity contribution in [1.29, 1.82) is 0 Å². The van der Waals surface area contributed by atoms with E-state index in [0.29, 0.717) is 17.7 Å². The van der Waals surface area contributed by atoms with Crippen LogP contribution in [0, 0.1) is 0 Å². The van der Waals surface area contributed by atoms with Gasteiger partial charge in [-0.2, -0.15) is 4.98 Å². The van der Waals surface area contributed by atoms with Crippen LogP contribution in [0.4, 0.5) is 17.5 Å². The zero-order chi connectivity index (χ0) is 18.1. The number of hydrogen-bond donors (Lipinski definition) is 3. The van der Waals surface area contributed by atoms with Crippen LogP contribution in [0.1, 0.15) is 41.7 Å². The summed E-state index contributed by atoms with van der Waals surface area (Å²) in [6, 6.07) is 4.25. The fourth-order valence-corrected chi connectivity index (χ4v) is 3.16. The smallest absolute Gasteiger partial charge is 0.254 e. The summed E-state index contributed by atoms with van der Waals surface area (Å²) in [6.07, 6.45) is 5.69. The molecular formula is C18H23N7O. The van der Waals surface area contributed by atoms with Crippen LogP contribution < -0.4 is 21.3 Å². The molecule has 2 fully saturated rings. The fourth-order valence-electron chi connectivity index (χ4n) is 3.16. The molecule has 8 nitrogen and oxygen atoms in total. The molecule has 2 aliphatic rings. The zero-order valence-corrected chi connectivity index (χ0v) is 14.8. The third-order valence-corrected chi connectivity index (χ3v) is 4.84. The average Bonchev–Trinajstić information content (AvgIpc) is 3.48. The molecule has 1 aliphatic carbocycles. The second-order valence-electron chi connectivity index (χ2n) is 6.91.